The number of aryl methyl sites for hydroxylation is 2. The molecular formula is C18H26N2O. The largest absolute Gasteiger partial charge is 0.324 e. The zero-order valence-electron chi connectivity index (χ0n) is 13.2. The predicted molar refractivity (Wildman–Crippen MR) is 86.6 cm³/mol. The van der Waals surface area contributed by atoms with Crippen molar-refractivity contribution in [3.8, 4) is 0 Å². The highest BCUT2D eigenvalue weighted by Crippen LogP contribution is 2.36. The van der Waals surface area contributed by atoms with E-state index in [9.17, 15) is 4.79 Å². The summed E-state index contributed by atoms with van der Waals surface area (Å²) in [5, 5.41) is 3.13. The molecule has 2 atom stereocenters. The summed E-state index contributed by atoms with van der Waals surface area (Å²) in [6.07, 6.45) is 6.59. The summed E-state index contributed by atoms with van der Waals surface area (Å²) in [5.41, 5.74) is 3.25. The summed E-state index contributed by atoms with van der Waals surface area (Å²) in [4.78, 5) is 14.6. The Kier molecular flexibility index (Phi) is 4.18. The van der Waals surface area contributed by atoms with Crippen molar-refractivity contribution < 1.29 is 4.79 Å². The van der Waals surface area contributed by atoms with E-state index in [2.05, 4.69) is 31.3 Å². The van der Waals surface area contributed by atoms with E-state index in [1.807, 2.05) is 11.0 Å². The van der Waals surface area contributed by atoms with E-state index in [1.54, 1.807) is 0 Å². The number of carbonyl (C=O) groups is 1. The van der Waals surface area contributed by atoms with Gasteiger partial charge in [-0.2, -0.15) is 0 Å². The monoisotopic (exact) mass is 286 g/mol. The summed E-state index contributed by atoms with van der Waals surface area (Å²) < 4.78 is 0. The van der Waals surface area contributed by atoms with Gasteiger partial charge in [-0.15, -0.1) is 0 Å². The molecule has 2 amide bonds. The molecule has 1 aliphatic heterocycles. The molecular weight excluding hydrogens is 260 g/mol. The minimum atomic E-state index is 0.0800. The van der Waals surface area contributed by atoms with Gasteiger partial charge in [0.15, 0.2) is 0 Å². The van der Waals surface area contributed by atoms with Crippen LogP contribution in [-0.2, 0) is 0 Å². The first-order valence-corrected chi connectivity index (χ1v) is 8.27. The lowest BCUT2D eigenvalue weighted by Crippen LogP contribution is -2.46. The van der Waals surface area contributed by atoms with Gasteiger partial charge in [-0.25, -0.2) is 4.79 Å². The number of hydrogen-bond acceptors (Lipinski definition) is 1. The number of nitrogens with one attached hydrogen (secondary N) is 1. The minimum absolute atomic E-state index is 0.0800. The van der Waals surface area contributed by atoms with E-state index in [0.29, 0.717) is 0 Å². The fourth-order valence-corrected chi connectivity index (χ4v) is 3.98. The maximum atomic E-state index is 12.6. The highest BCUT2D eigenvalue weighted by atomic mass is 16.2. The molecule has 21 heavy (non-hydrogen) atoms. The summed E-state index contributed by atoms with van der Waals surface area (Å²) in [6, 6.07) is 6.22. The zero-order valence-corrected chi connectivity index (χ0v) is 13.2. The number of amides is 2. The van der Waals surface area contributed by atoms with E-state index in [4.69, 9.17) is 0 Å². The Morgan fingerprint density at radius 1 is 1.10 bits per heavy atom. The number of likely N-dealkylation sites (tertiary alicyclic amines) is 1. The van der Waals surface area contributed by atoms with Crippen LogP contribution < -0.4 is 5.32 Å². The van der Waals surface area contributed by atoms with E-state index in [-0.39, 0.29) is 6.03 Å². The smallest absolute Gasteiger partial charge is 0.321 e. The Hall–Kier alpha value is -1.51. The van der Waals surface area contributed by atoms with Crippen molar-refractivity contribution in [3.63, 3.8) is 0 Å². The van der Waals surface area contributed by atoms with Crippen molar-refractivity contribution in [2.45, 2.75) is 46.0 Å². The summed E-state index contributed by atoms with van der Waals surface area (Å²) >= 11 is 0. The number of piperidine rings is 1. The Labute approximate surface area is 127 Å². The van der Waals surface area contributed by atoms with Crippen LogP contribution in [0.3, 0.4) is 0 Å². The van der Waals surface area contributed by atoms with Gasteiger partial charge in [-0.05, 0) is 49.7 Å². The molecule has 3 rings (SSSR count). The van der Waals surface area contributed by atoms with Gasteiger partial charge in [0.25, 0.3) is 0 Å². The molecule has 1 saturated carbocycles. The Morgan fingerprint density at radius 2 is 1.76 bits per heavy atom. The number of carbonyl (C=O) groups excluding carboxylic acids is 1. The zero-order chi connectivity index (χ0) is 14.8. The number of hydrogen-bond donors (Lipinski definition) is 1. The summed E-state index contributed by atoms with van der Waals surface area (Å²) in [6.45, 7) is 5.96. The SMILES string of the molecule is Cc1cccc(C)c1NC(=O)N1CC[C@H]2CCCC[C@@H]2C1. The molecule has 114 valence electrons. The molecule has 1 aliphatic carbocycles. The predicted octanol–water partition coefficient (Wildman–Crippen LogP) is 4.35. The Bertz CT molecular complexity index is 506. The van der Waals surface area contributed by atoms with Crippen molar-refractivity contribution in [1.29, 1.82) is 0 Å². The maximum Gasteiger partial charge on any atom is 0.321 e. The standard InChI is InChI=1S/C18H26N2O/c1-13-6-5-7-14(2)17(13)19-18(21)20-11-10-15-8-3-4-9-16(15)12-20/h5-7,15-16H,3-4,8-12H2,1-2H3,(H,19,21)/t15-,16-/m1/s1. The molecule has 0 bridgehead atoms. The highest BCUT2D eigenvalue weighted by molar-refractivity contribution is 5.91. The van der Waals surface area contributed by atoms with Crippen LogP contribution in [0.5, 0.6) is 0 Å². The van der Waals surface area contributed by atoms with E-state index >= 15 is 0 Å². The number of benzene rings is 1. The first-order valence-electron chi connectivity index (χ1n) is 8.27. The number of urea groups is 1. The molecule has 1 saturated heterocycles. The average molecular weight is 286 g/mol. The van der Waals surface area contributed by atoms with E-state index < -0.39 is 0 Å². The molecule has 0 aromatic heterocycles. The van der Waals surface area contributed by atoms with E-state index in [0.717, 1.165) is 41.7 Å². The fraction of sp³-hybridized carbons (Fsp3) is 0.611. The summed E-state index contributed by atoms with van der Waals surface area (Å²) in [7, 11) is 0. The van der Waals surface area contributed by atoms with Crippen molar-refractivity contribution >= 4 is 11.7 Å². The van der Waals surface area contributed by atoms with Crippen LogP contribution in [-0.4, -0.2) is 24.0 Å². The van der Waals surface area contributed by atoms with Gasteiger partial charge in [-0.3, -0.25) is 0 Å². The lowest BCUT2D eigenvalue weighted by atomic mass is 9.75. The lowest BCUT2D eigenvalue weighted by molar-refractivity contribution is 0.108. The minimum Gasteiger partial charge on any atom is -0.324 e. The van der Waals surface area contributed by atoms with Gasteiger partial charge in [0.1, 0.15) is 0 Å². The van der Waals surface area contributed by atoms with Crippen LogP contribution in [0, 0.1) is 25.7 Å². The quantitative estimate of drug-likeness (QED) is 0.818. The molecule has 1 aromatic rings. The van der Waals surface area contributed by atoms with Crippen molar-refractivity contribution in [3.05, 3.63) is 29.3 Å². The van der Waals surface area contributed by atoms with Gasteiger partial charge < -0.3 is 10.2 Å². The van der Waals surface area contributed by atoms with Crippen molar-refractivity contribution in [1.82, 2.24) is 4.90 Å². The van der Waals surface area contributed by atoms with Gasteiger partial charge >= 0.3 is 6.03 Å². The molecule has 3 heteroatoms. The number of anilines is 1. The van der Waals surface area contributed by atoms with E-state index in [1.165, 1.54) is 32.1 Å². The molecule has 2 fully saturated rings. The third kappa shape index (κ3) is 3.07. The van der Waals surface area contributed by atoms with Gasteiger partial charge in [-0.1, -0.05) is 37.5 Å². The van der Waals surface area contributed by atoms with Crippen LogP contribution in [0.15, 0.2) is 18.2 Å². The Morgan fingerprint density at radius 3 is 2.48 bits per heavy atom. The molecule has 0 radical (unpaired) electrons. The van der Waals surface area contributed by atoms with Gasteiger partial charge in [0.05, 0.1) is 0 Å². The summed E-state index contributed by atoms with van der Waals surface area (Å²) in [5.74, 6) is 1.60. The second-order valence-corrected chi connectivity index (χ2v) is 6.74. The average Bonchev–Trinajstić information content (AvgIpc) is 2.50. The molecule has 1 aromatic carbocycles. The molecule has 2 aliphatic rings. The number of rotatable bonds is 1. The van der Waals surface area contributed by atoms with Crippen molar-refractivity contribution in [2.75, 3.05) is 18.4 Å². The molecule has 3 nitrogen and oxygen atoms in total. The van der Waals surface area contributed by atoms with Crippen molar-refractivity contribution in [2.24, 2.45) is 11.8 Å². The lowest BCUT2D eigenvalue weighted by Gasteiger charge is -2.41. The molecule has 0 unspecified atom stereocenters. The third-order valence-corrected chi connectivity index (χ3v) is 5.29. The Balaban J connectivity index is 1.66. The molecule has 1 heterocycles. The second kappa shape index (κ2) is 6.08. The first-order chi connectivity index (χ1) is 10.1. The van der Waals surface area contributed by atoms with Crippen LogP contribution in [0.2, 0.25) is 0 Å². The van der Waals surface area contributed by atoms with Crippen LogP contribution in [0.1, 0.15) is 43.2 Å². The number of nitrogens with zero attached hydrogens (tertiary/aromatic N) is 1. The number of para-hydroxylation sites is 1. The second-order valence-electron chi connectivity index (χ2n) is 6.74. The normalized spacial score (nSPS) is 25.3. The number of fused-ring (bicyclic) bond motifs is 1. The van der Waals surface area contributed by atoms with Crippen LogP contribution >= 0.6 is 0 Å². The highest BCUT2D eigenvalue weighted by Gasteiger charge is 2.33. The third-order valence-electron chi connectivity index (χ3n) is 5.29. The van der Waals surface area contributed by atoms with Crippen LogP contribution in [0.25, 0.3) is 0 Å². The molecule has 0 spiro atoms. The first kappa shape index (κ1) is 14.4. The van der Waals surface area contributed by atoms with Crippen LogP contribution in [0.4, 0.5) is 10.5 Å². The molecule has 1 N–H and O–H groups in total. The van der Waals surface area contributed by atoms with Gasteiger partial charge in [0, 0.05) is 18.8 Å². The maximum absolute atomic E-state index is 12.6. The van der Waals surface area contributed by atoms with Gasteiger partial charge in [0.2, 0.25) is 0 Å². The topological polar surface area (TPSA) is 32.3 Å². The fourth-order valence-electron chi connectivity index (χ4n) is 3.98.